The molecule has 78 heavy (non-hydrogen) atoms. The van der Waals surface area contributed by atoms with E-state index in [0.29, 0.717) is 12.8 Å². The van der Waals surface area contributed by atoms with Gasteiger partial charge in [0, 0.05) is 6.42 Å². The summed E-state index contributed by atoms with van der Waals surface area (Å²) < 4.78 is 22.7. The van der Waals surface area contributed by atoms with E-state index in [1.165, 1.54) is 161 Å². The lowest BCUT2D eigenvalue weighted by Gasteiger charge is -2.46. The molecular weight excluding hydrogens is 991 g/mol. The molecule has 0 aromatic heterocycles. The highest BCUT2D eigenvalue weighted by molar-refractivity contribution is 5.76. The normalized spacial score (nSPS) is 24.8. The standard InChI is InChI=1S/C64H117NO13/c1-3-5-7-9-11-13-15-17-18-19-20-21-22-23-24-25-26-27-28-29-30-31-32-33-34-36-37-39-41-43-45-47-53(68)52(65-56(69)48-46-44-42-40-38-35-16-14-12-10-8-6-4-2)51-75-63-61(74)59(72)62(55(50-67)77-63)78-64-60(73)58(71)57(70)54(49-66)76-64/h14,16,32-33,37,39,45,47,52-55,57-64,66-68,70-74H,3-13,15,17-31,34-36,38,40-44,46,48-51H2,1-2H3,(H,65,69)/b16-14-,33-32+,39-37+,47-45+. The van der Waals surface area contributed by atoms with Crippen LogP contribution in [0.3, 0.4) is 0 Å². The van der Waals surface area contributed by atoms with Gasteiger partial charge in [0.05, 0.1) is 32.0 Å². The van der Waals surface area contributed by atoms with Crippen LogP contribution in [0.4, 0.5) is 0 Å². The van der Waals surface area contributed by atoms with E-state index < -0.39 is 86.8 Å². The fourth-order valence-corrected chi connectivity index (χ4v) is 10.3. The molecule has 2 saturated heterocycles. The molecule has 0 aromatic rings. The lowest BCUT2D eigenvalue weighted by atomic mass is 9.97. The minimum atomic E-state index is -1.79. The Balaban J connectivity index is 1.70. The van der Waals surface area contributed by atoms with Crippen molar-refractivity contribution in [2.24, 2.45) is 0 Å². The summed E-state index contributed by atoms with van der Waals surface area (Å²) in [5.41, 5.74) is 0. The highest BCUT2D eigenvalue weighted by atomic mass is 16.7. The van der Waals surface area contributed by atoms with E-state index in [2.05, 4.69) is 55.6 Å². The highest BCUT2D eigenvalue weighted by Crippen LogP contribution is 2.30. The number of nitrogens with one attached hydrogen (secondary N) is 1. The molecule has 12 unspecified atom stereocenters. The number of amides is 1. The Labute approximate surface area is 473 Å². The number of hydrogen-bond donors (Lipinski definition) is 9. The molecule has 14 heteroatoms. The summed E-state index contributed by atoms with van der Waals surface area (Å²) in [6.45, 7) is 2.76. The smallest absolute Gasteiger partial charge is 0.220 e. The molecule has 0 aromatic carbocycles. The zero-order valence-corrected chi connectivity index (χ0v) is 49.2. The summed E-state index contributed by atoms with van der Waals surface area (Å²) in [7, 11) is 0. The number of aliphatic hydroxyl groups excluding tert-OH is 8. The van der Waals surface area contributed by atoms with Gasteiger partial charge in [-0.25, -0.2) is 0 Å². The molecule has 2 aliphatic heterocycles. The predicted octanol–water partition coefficient (Wildman–Crippen LogP) is 11.6. The third-order valence-corrected chi connectivity index (χ3v) is 15.5. The number of ether oxygens (including phenoxy) is 4. The Morgan fingerprint density at radius 2 is 0.821 bits per heavy atom. The fourth-order valence-electron chi connectivity index (χ4n) is 10.3. The first-order chi connectivity index (χ1) is 38.1. The summed E-state index contributed by atoms with van der Waals surface area (Å²) in [5.74, 6) is -0.263. The van der Waals surface area contributed by atoms with Crippen LogP contribution in [-0.4, -0.2) is 140 Å². The second-order valence-corrected chi connectivity index (χ2v) is 22.5. The zero-order valence-electron chi connectivity index (χ0n) is 49.2. The summed E-state index contributed by atoms with van der Waals surface area (Å²) in [5, 5.41) is 87.0. The van der Waals surface area contributed by atoms with Crippen molar-refractivity contribution >= 4 is 5.91 Å². The van der Waals surface area contributed by atoms with E-state index in [-0.39, 0.29) is 18.9 Å². The van der Waals surface area contributed by atoms with Crippen LogP contribution in [0, 0.1) is 0 Å². The molecular formula is C64H117NO13. The molecule has 0 aliphatic carbocycles. The van der Waals surface area contributed by atoms with E-state index in [4.69, 9.17) is 18.9 Å². The molecule has 2 rings (SSSR count). The summed E-state index contributed by atoms with van der Waals surface area (Å²) in [6, 6.07) is -0.943. The summed E-state index contributed by atoms with van der Waals surface area (Å²) >= 11 is 0. The van der Waals surface area contributed by atoms with E-state index in [0.717, 1.165) is 64.2 Å². The van der Waals surface area contributed by atoms with Gasteiger partial charge in [-0.2, -0.15) is 0 Å². The molecule has 2 aliphatic rings. The molecule has 0 bridgehead atoms. The van der Waals surface area contributed by atoms with Crippen molar-refractivity contribution in [1.29, 1.82) is 0 Å². The first-order valence-electron chi connectivity index (χ1n) is 31.9. The van der Waals surface area contributed by atoms with Gasteiger partial charge < -0.3 is 65.1 Å². The predicted molar refractivity (Wildman–Crippen MR) is 314 cm³/mol. The third-order valence-electron chi connectivity index (χ3n) is 15.5. The first-order valence-corrected chi connectivity index (χ1v) is 31.9. The molecule has 14 nitrogen and oxygen atoms in total. The summed E-state index contributed by atoms with van der Waals surface area (Å²) in [6.07, 6.45) is 46.1. The first kappa shape index (κ1) is 72.1. The fraction of sp³-hybridized carbons (Fsp3) is 0.859. The van der Waals surface area contributed by atoms with Crippen molar-refractivity contribution in [1.82, 2.24) is 5.32 Å². The number of aliphatic hydroxyl groups is 8. The van der Waals surface area contributed by atoms with Crippen molar-refractivity contribution < 1.29 is 64.6 Å². The van der Waals surface area contributed by atoms with Crippen LogP contribution in [0.5, 0.6) is 0 Å². The molecule has 0 saturated carbocycles. The van der Waals surface area contributed by atoms with Crippen molar-refractivity contribution in [2.45, 2.75) is 331 Å². The maximum Gasteiger partial charge on any atom is 0.220 e. The Morgan fingerprint density at radius 1 is 0.449 bits per heavy atom. The van der Waals surface area contributed by atoms with Crippen LogP contribution in [0.1, 0.15) is 258 Å². The molecule has 12 atom stereocenters. The van der Waals surface area contributed by atoms with Crippen LogP contribution < -0.4 is 5.32 Å². The van der Waals surface area contributed by atoms with Crippen LogP contribution >= 0.6 is 0 Å². The van der Waals surface area contributed by atoms with Gasteiger partial charge in [0.15, 0.2) is 12.6 Å². The molecule has 0 spiro atoms. The van der Waals surface area contributed by atoms with Gasteiger partial charge in [-0.3, -0.25) is 4.79 Å². The second-order valence-electron chi connectivity index (χ2n) is 22.5. The Morgan fingerprint density at radius 3 is 1.27 bits per heavy atom. The molecule has 0 radical (unpaired) electrons. The van der Waals surface area contributed by atoms with Crippen molar-refractivity contribution in [3.63, 3.8) is 0 Å². The van der Waals surface area contributed by atoms with Gasteiger partial charge in [0.25, 0.3) is 0 Å². The van der Waals surface area contributed by atoms with Crippen LogP contribution in [0.25, 0.3) is 0 Å². The maximum atomic E-state index is 13.2. The lowest BCUT2D eigenvalue weighted by Crippen LogP contribution is -2.65. The topological polar surface area (TPSA) is 228 Å². The second kappa shape index (κ2) is 49.5. The van der Waals surface area contributed by atoms with E-state index >= 15 is 0 Å². The van der Waals surface area contributed by atoms with Gasteiger partial charge in [-0.15, -0.1) is 0 Å². The van der Waals surface area contributed by atoms with Crippen LogP contribution in [-0.2, 0) is 23.7 Å². The van der Waals surface area contributed by atoms with Gasteiger partial charge in [0.2, 0.25) is 5.91 Å². The molecule has 2 heterocycles. The minimum absolute atomic E-state index is 0.259. The maximum absolute atomic E-state index is 13.2. The number of allylic oxidation sites excluding steroid dienone is 7. The van der Waals surface area contributed by atoms with Crippen LogP contribution in [0.15, 0.2) is 48.6 Å². The van der Waals surface area contributed by atoms with Gasteiger partial charge in [-0.1, -0.05) is 229 Å². The minimum Gasteiger partial charge on any atom is -0.394 e. The molecule has 456 valence electrons. The SMILES string of the molecule is CCCCCC/C=C\CCCCCCCC(=O)NC(COC1OC(CO)C(OC2OC(CO)C(O)C(O)C2O)C(O)C1O)C(O)/C=C/CC/C=C/CC/C=C/CCCCCCCCCCCCCCCCCCCCCCC. The molecule has 2 fully saturated rings. The number of rotatable bonds is 51. The monoisotopic (exact) mass is 1110 g/mol. The van der Waals surface area contributed by atoms with E-state index in [1.54, 1.807) is 6.08 Å². The van der Waals surface area contributed by atoms with Crippen LogP contribution in [0.2, 0.25) is 0 Å². The Hall–Kier alpha value is -2.05. The molecule has 9 N–H and O–H groups in total. The highest BCUT2D eigenvalue weighted by Gasteiger charge is 2.51. The van der Waals surface area contributed by atoms with Gasteiger partial charge >= 0.3 is 0 Å². The lowest BCUT2D eigenvalue weighted by molar-refractivity contribution is -0.359. The van der Waals surface area contributed by atoms with Gasteiger partial charge in [-0.05, 0) is 70.6 Å². The summed E-state index contributed by atoms with van der Waals surface area (Å²) in [4.78, 5) is 13.2. The van der Waals surface area contributed by atoms with Crippen molar-refractivity contribution in [3.8, 4) is 0 Å². The van der Waals surface area contributed by atoms with E-state index in [9.17, 15) is 45.6 Å². The average molecular weight is 1110 g/mol. The third kappa shape index (κ3) is 34.4. The van der Waals surface area contributed by atoms with Crippen molar-refractivity contribution in [3.05, 3.63) is 48.6 Å². The Kier molecular flexibility index (Phi) is 45.8. The number of carbonyl (C=O) groups excluding carboxylic acids is 1. The molecule has 1 amide bonds. The number of hydrogen-bond acceptors (Lipinski definition) is 13. The number of carbonyl (C=O) groups is 1. The van der Waals surface area contributed by atoms with E-state index in [1.807, 2.05) is 6.08 Å². The average Bonchev–Trinajstić information content (AvgIpc) is 3.47. The van der Waals surface area contributed by atoms with Gasteiger partial charge in [0.1, 0.15) is 48.8 Å². The number of unbranched alkanes of at least 4 members (excludes halogenated alkanes) is 32. The van der Waals surface area contributed by atoms with Crippen molar-refractivity contribution in [2.75, 3.05) is 19.8 Å². The zero-order chi connectivity index (χ0) is 56.7. The largest absolute Gasteiger partial charge is 0.394 e. The quantitative estimate of drug-likeness (QED) is 0.0204. The Bertz CT molecular complexity index is 1490.